The number of aliphatic hydroxyl groups is 1. The first-order valence-electron chi connectivity index (χ1n) is 21.7. The fourth-order valence-corrected chi connectivity index (χ4v) is 7.66. The van der Waals surface area contributed by atoms with Gasteiger partial charge in [-0.1, -0.05) is 146 Å². The van der Waals surface area contributed by atoms with Crippen molar-refractivity contribution in [1.82, 2.24) is 0 Å². The lowest BCUT2D eigenvalue weighted by Gasteiger charge is -2.44. The summed E-state index contributed by atoms with van der Waals surface area (Å²) in [4.78, 5) is 40.7. The maximum atomic E-state index is 13.8. The maximum absolute atomic E-state index is 13.8. The molecule has 6 aromatic carbocycles. The predicted molar refractivity (Wildman–Crippen MR) is 239 cm³/mol. The smallest absolute Gasteiger partial charge is 0.338 e. The summed E-state index contributed by atoms with van der Waals surface area (Å²) in [5.74, 6) is -2.14. The highest BCUT2D eigenvalue weighted by Gasteiger charge is 2.53. The number of hydrogen-bond donors (Lipinski definition) is 1. The fourth-order valence-electron chi connectivity index (χ4n) is 7.66. The molecule has 2 heterocycles. The summed E-state index contributed by atoms with van der Waals surface area (Å²) in [5, 5.41) is 11.7. The first-order chi connectivity index (χ1) is 32.4. The average Bonchev–Trinajstić information content (AvgIpc) is 3.69. The van der Waals surface area contributed by atoms with E-state index in [9.17, 15) is 19.5 Å². The van der Waals surface area contributed by atoms with Crippen molar-refractivity contribution in [3.8, 4) is 0 Å². The summed E-state index contributed by atoms with van der Waals surface area (Å²) in [6, 6.07) is 53.6. The van der Waals surface area contributed by atoms with Crippen molar-refractivity contribution >= 4 is 17.9 Å². The molecule has 6 aromatic rings. The summed E-state index contributed by atoms with van der Waals surface area (Å²) in [5.41, 5.74) is 3.36. The second-order valence-electron chi connectivity index (χ2n) is 15.7. The second-order valence-corrected chi connectivity index (χ2v) is 15.7. The van der Waals surface area contributed by atoms with E-state index < -0.39 is 79.8 Å². The highest BCUT2D eigenvalue weighted by Crippen LogP contribution is 2.34. The number of ether oxygens (including phenoxy) is 9. The van der Waals surface area contributed by atoms with Crippen molar-refractivity contribution < 1.29 is 62.1 Å². The Labute approximate surface area is 382 Å². The summed E-state index contributed by atoms with van der Waals surface area (Å²) in [6.45, 7) is -0.275. The van der Waals surface area contributed by atoms with Crippen LogP contribution in [0.15, 0.2) is 182 Å². The van der Waals surface area contributed by atoms with E-state index >= 15 is 0 Å². The van der Waals surface area contributed by atoms with E-state index in [4.69, 9.17) is 42.6 Å². The van der Waals surface area contributed by atoms with Gasteiger partial charge in [-0.25, -0.2) is 14.4 Å². The molecule has 2 saturated heterocycles. The Morgan fingerprint density at radius 1 is 0.394 bits per heavy atom. The van der Waals surface area contributed by atoms with Gasteiger partial charge in [0.25, 0.3) is 0 Å². The minimum Gasteiger partial charge on any atom is -0.459 e. The average molecular weight is 895 g/mol. The molecule has 66 heavy (non-hydrogen) atoms. The summed E-state index contributed by atoms with van der Waals surface area (Å²) in [6.07, 6.45) is -10.7. The molecule has 0 bridgehead atoms. The molecule has 0 spiro atoms. The Kier molecular flexibility index (Phi) is 16.1. The van der Waals surface area contributed by atoms with E-state index in [0.29, 0.717) is 0 Å². The topological polar surface area (TPSA) is 155 Å². The van der Waals surface area contributed by atoms with Crippen LogP contribution in [0.2, 0.25) is 0 Å². The van der Waals surface area contributed by atoms with Crippen molar-refractivity contribution in [2.75, 3.05) is 13.2 Å². The fraction of sp³-hybridized carbons (Fsp3) is 0.264. The molecular weight excluding hydrogens is 845 g/mol. The van der Waals surface area contributed by atoms with Crippen LogP contribution in [0.3, 0.4) is 0 Å². The van der Waals surface area contributed by atoms with Gasteiger partial charge < -0.3 is 47.7 Å². The first kappa shape index (κ1) is 46.0. The highest BCUT2D eigenvalue weighted by molar-refractivity contribution is 5.91. The van der Waals surface area contributed by atoms with Gasteiger partial charge in [0.1, 0.15) is 37.1 Å². The Hall–Kier alpha value is -6.55. The van der Waals surface area contributed by atoms with Crippen LogP contribution in [0.1, 0.15) is 47.8 Å². The standard InChI is InChI=1S/C53H50O13/c54-49(39-25-13-4-14-26-39)61-34-43-45(65-50(55)40-27-15-5-16-28-40)48(66-51(56)41-29-17-6-18-30-41)53(64-43)62-35-42-44(58-31-36-19-7-1-8-20-36)46(59-32-37-21-9-2-10-22-37)47(52(57)63-42)60-33-38-23-11-3-12-24-38/h1-30,42-48,52-53,57H,31-35H2/t42-,43-,44-,45+,46+,47-,48+,52+,53+/m1/s1. The second kappa shape index (κ2) is 23.1. The minimum absolute atomic E-state index is 0.141. The van der Waals surface area contributed by atoms with E-state index in [-0.39, 0.29) is 43.1 Å². The maximum Gasteiger partial charge on any atom is 0.338 e. The molecule has 13 nitrogen and oxygen atoms in total. The van der Waals surface area contributed by atoms with E-state index in [1.54, 1.807) is 91.0 Å². The van der Waals surface area contributed by atoms with Crippen LogP contribution in [0, 0.1) is 0 Å². The lowest BCUT2D eigenvalue weighted by Crippen LogP contribution is -2.61. The molecule has 8 rings (SSSR count). The van der Waals surface area contributed by atoms with E-state index in [0.717, 1.165) is 16.7 Å². The van der Waals surface area contributed by atoms with Crippen LogP contribution >= 0.6 is 0 Å². The summed E-state index contributed by atoms with van der Waals surface area (Å²) < 4.78 is 56.7. The molecule has 2 fully saturated rings. The quantitative estimate of drug-likeness (QED) is 0.0631. The summed E-state index contributed by atoms with van der Waals surface area (Å²) >= 11 is 0. The van der Waals surface area contributed by atoms with Gasteiger partial charge in [0, 0.05) is 0 Å². The van der Waals surface area contributed by atoms with Crippen LogP contribution in [0.4, 0.5) is 0 Å². The van der Waals surface area contributed by atoms with Crippen molar-refractivity contribution in [2.24, 2.45) is 0 Å². The molecule has 0 saturated carbocycles. The Morgan fingerprint density at radius 3 is 1.24 bits per heavy atom. The summed E-state index contributed by atoms with van der Waals surface area (Å²) in [7, 11) is 0. The van der Waals surface area contributed by atoms with E-state index in [1.807, 2.05) is 91.0 Å². The number of hydrogen-bond acceptors (Lipinski definition) is 13. The number of carbonyl (C=O) groups is 3. The van der Waals surface area contributed by atoms with Gasteiger partial charge >= 0.3 is 17.9 Å². The molecule has 9 atom stereocenters. The molecule has 0 radical (unpaired) electrons. The molecule has 0 aliphatic carbocycles. The third kappa shape index (κ3) is 12.2. The van der Waals surface area contributed by atoms with Gasteiger partial charge in [-0.2, -0.15) is 0 Å². The van der Waals surface area contributed by atoms with Gasteiger partial charge in [-0.05, 0) is 53.1 Å². The van der Waals surface area contributed by atoms with Gasteiger partial charge in [0.2, 0.25) is 0 Å². The first-order valence-corrected chi connectivity index (χ1v) is 21.7. The zero-order chi connectivity index (χ0) is 45.5. The van der Waals surface area contributed by atoms with Crippen molar-refractivity contribution in [1.29, 1.82) is 0 Å². The highest BCUT2D eigenvalue weighted by atomic mass is 16.8. The van der Waals surface area contributed by atoms with Crippen LogP contribution in [-0.4, -0.2) is 91.5 Å². The number of benzene rings is 6. The number of carbonyl (C=O) groups excluding carboxylic acids is 3. The lowest BCUT2D eigenvalue weighted by molar-refractivity contribution is -0.323. The molecule has 0 unspecified atom stereocenters. The Morgan fingerprint density at radius 2 is 0.773 bits per heavy atom. The molecule has 13 heteroatoms. The number of aliphatic hydroxyl groups excluding tert-OH is 1. The van der Waals surface area contributed by atoms with E-state index in [2.05, 4.69) is 0 Å². The van der Waals surface area contributed by atoms with Crippen LogP contribution in [-0.2, 0) is 62.5 Å². The normalized spacial score (nSPS) is 23.7. The van der Waals surface area contributed by atoms with Crippen LogP contribution < -0.4 is 0 Å². The molecule has 340 valence electrons. The van der Waals surface area contributed by atoms with Crippen molar-refractivity contribution in [3.05, 3.63) is 215 Å². The molecule has 0 amide bonds. The van der Waals surface area contributed by atoms with Crippen molar-refractivity contribution in [2.45, 2.75) is 75.1 Å². The zero-order valence-electron chi connectivity index (χ0n) is 35.9. The Balaban J connectivity index is 1.09. The van der Waals surface area contributed by atoms with E-state index in [1.165, 1.54) is 0 Å². The van der Waals surface area contributed by atoms with Gasteiger partial charge in [-0.15, -0.1) is 0 Å². The van der Waals surface area contributed by atoms with Crippen LogP contribution in [0.25, 0.3) is 0 Å². The zero-order valence-corrected chi connectivity index (χ0v) is 35.9. The van der Waals surface area contributed by atoms with Gasteiger partial charge in [0.05, 0.1) is 43.1 Å². The van der Waals surface area contributed by atoms with Gasteiger partial charge in [0.15, 0.2) is 24.8 Å². The molecule has 1 N–H and O–H groups in total. The van der Waals surface area contributed by atoms with Crippen LogP contribution in [0.5, 0.6) is 0 Å². The Bertz CT molecular complexity index is 2410. The largest absolute Gasteiger partial charge is 0.459 e. The number of esters is 3. The monoisotopic (exact) mass is 894 g/mol. The molecule has 0 aromatic heterocycles. The molecule has 2 aliphatic heterocycles. The minimum atomic E-state index is -1.51. The SMILES string of the molecule is O=C(OC[C@H]1O[C@H](OC[C@H]2O[C@H](O)[C@H](OCc3ccccc3)[C@@H](OCc3ccccc3)[C@@H]2OCc2ccccc2)[C@@H](OC(=O)c2ccccc2)[C@H]1OC(=O)c1ccccc1)c1ccccc1. The molecular formula is C53H50O13. The number of rotatable bonds is 19. The van der Waals surface area contributed by atoms with Crippen molar-refractivity contribution in [3.63, 3.8) is 0 Å². The van der Waals surface area contributed by atoms with Gasteiger partial charge in [-0.3, -0.25) is 0 Å². The third-order valence-electron chi connectivity index (χ3n) is 11.1. The molecule has 2 aliphatic rings. The predicted octanol–water partition coefficient (Wildman–Crippen LogP) is 7.51. The lowest BCUT2D eigenvalue weighted by atomic mass is 9.98. The third-order valence-corrected chi connectivity index (χ3v) is 11.1.